The monoisotopic (exact) mass is 413 g/mol. The van der Waals surface area contributed by atoms with Crippen LogP contribution in [-0.2, 0) is 19.4 Å². The van der Waals surface area contributed by atoms with Gasteiger partial charge in [0, 0.05) is 12.7 Å². The molecule has 0 fully saturated rings. The normalized spacial score (nSPS) is 11.4. The third-order valence-corrected chi connectivity index (χ3v) is 5.48. The molecule has 6 nitrogen and oxygen atoms in total. The highest BCUT2D eigenvalue weighted by atomic mass is 19.1. The Bertz CT molecular complexity index is 1440. The molecule has 3 aromatic heterocycles. The smallest absolute Gasteiger partial charge is 0.280 e. The lowest BCUT2D eigenvalue weighted by Crippen LogP contribution is -2.22. The van der Waals surface area contributed by atoms with Crippen molar-refractivity contribution in [1.29, 1.82) is 0 Å². The minimum absolute atomic E-state index is 0.195. The van der Waals surface area contributed by atoms with Crippen molar-refractivity contribution >= 4 is 16.7 Å². The van der Waals surface area contributed by atoms with Crippen LogP contribution in [0.3, 0.4) is 0 Å². The van der Waals surface area contributed by atoms with Crippen LogP contribution >= 0.6 is 0 Å². The molecule has 0 spiro atoms. The first-order valence-corrected chi connectivity index (χ1v) is 10.2. The Labute approximate surface area is 177 Å². The Kier molecular flexibility index (Phi) is 4.78. The van der Waals surface area contributed by atoms with Crippen molar-refractivity contribution in [3.8, 4) is 11.1 Å². The van der Waals surface area contributed by atoms with Crippen LogP contribution in [0, 0.1) is 5.82 Å². The highest BCUT2D eigenvalue weighted by Gasteiger charge is 2.18. The summed E-state index contributed by atoms with van der Waals surface area (Å²) in [7, 11) is 0. The fraction of sp³-hybridized carbons (Fsp3) is 0.167. The molecule has 7 heteroatoms. The summed E-state index contributed by atoms with van der Waals surface area (Å²) >= 11 is 0. The summed E-state index contributed by atoms with van der Waals surface area (Å²) in [5.41, 5.74) is 4.86. The van der Waals surface area contributed by atoms with Crippen molar-refractivity contribution in [2.45, 2.75) is 26.3 Å². The Morgan fingerprint density at radius 3 is 2.48 bits per heavy atom. The lowest BCUT2D eigenvalue weighted by atomic mass is 10.0. The van der Waals surface area contributed by atoms with Crippen molar-refractivity contribution in [3.63, 3.8) is 0 Å². The van der Waals surface area contributed by atoms with E-state index in [1.54, 1.807) is 27.4 Å². The van der Waals surface area contributed by atoms with E-state index in [1.807, 2.05) is 43.3 Å². The number of nitrogens with zero attached hydrogens (tertiary/aromatic N) is 5. The SMILES string of the molecule is CCc1nn2c(nnc3c(=O)n(CCc4ccccc4)ccc32)c1-c1ccc(F)cc1. The van der Waals surface area contributed by atoms with Gasteiger partial charge in [0.1, 0.15) is 11.3 Å². The van der Waals surface area contributed by atoms with Gasteiger partial charge in [-0.2, -0.15) is 5.10 Å². The Balaban J connectivity index is 1.61. The average molecular weight is 413 g/mol. The fourth-order valence-electron chi connectivity index (χ4n) is 3.86. The predicted molar refractivity (Wildman–Crippen MR) is 117 cm³/mol. The molecule has 2 aromatic carbocycles. The van der Waals surface area contributed by atoms with Crippen LogP contribution in [0.5, 0.6) is 0 Å². The van der Waals surface area contributed by atoms with Gasteiger partial charge in [-0.05, 0) is 42.2 Å². The topological polar surface area (TPSA) is 65.1 Å². The summed E-state index contributed by atoms with van der Waals surface area (Å²) in [6.07, 6.45) is 3.20. The Morgan fingerprint density at radius 2 is 1.74 bits per heavy atom. The van der Waals surface area contributed by atoms with Crippen LogP contribution in [0.15, 0.2) is 71.7 Å². The van der Waals surface area contributed by atoms with E-state index in [2.05, 4.69) is 10.2 Å². The molecule has 154 valence electrons. The number of fused-ring (bicyclic) bond motifs is 3. The summed E-state index contributed by atoms with van der Waals surface area (Å²) < 4.78 is 16.7. The van der Waals surface area contributed by atoms with Gasteiger partial charge >= 0.3 is 0 Å². The molecule has 0 bridgehead atoms. The molecule has 0 radical (unpaired) electrons. The first-order chi connectivity index (χ1) is 15.2. The van der Waals surface area contributed by atoms with Gasteiger partial charge in [-0.3, -0.25) is 4.79 Å². The number of pyridine rings is 1. The first-order valence-electron chi connectivity index (χ1n) is 10.2. The molecule has 0 unspecified atom stereocenters. The minimum atomic E-state index is -0.300. The lowest BCUT2D eigenvalue weighted by molar-refractivity contribution is 0.628. The second-order valence-electron chi connectivity index (χ2n) is 7.40. The molecule has 0 atom stereocenters. The number of benzene rings is 2. The number of aromatic nitrogens is 5. The molecule has 0 aliphatic rings. The third-order valence-electron chi connectivity index (χ3n) is 5.48. The molecule has 5 rings (SSSR count). The van der Waals surface area contributed by atoms with Gasteiger partial charge in [0.15, 0.2) is 11.2 Å². The first kappa shape index (κ1) is 19.1. The number of aryl methyl sites for hydroxylation is 3. The van der Waals surface area contributed by atoms with Crippen molar-refractivity contribution in [2.24, 2.45) is 0 Å². The van der Waals surface area contributed by atoms with E-state index in [9.17, 15) is 9.18 Å². The van der Waals surface area contributed by atoms with Crippen LogP contribution in [0.4, 0.5) is 4.39 Å². The molecule has 0 aliphatic carbocycles. The summed E-state index contributed by atoms with van der Waals surface area (Å²) in [4.78, 5) is 13.0. The fourth-order valence-corrected chi connectivity index (χ4v) is 3.86. The van der Waals surface area contributed by atoms with Gasteiger partial charge in [-0.25, -0.2) is 8.91 Å². The van der Waals surface area contributed by atoms with Crippen LogP contribution < -0.4 is 5.56 Å². The van der Waals surface area contributed by atoms with Crippen LogP contribution in [0.2, 0.25) is 0 Å². The molecule has 31 heavy (non-hydrogen) atoms. The molecule has 0 N–H and O–H groups in total. The number of hydrogen-bond donors (Lipinski definition) is 0. The number of halogens is 1. The molecule has 0 saturated heterocycles. The second kappa shape index (κ2) is 7.75. The molecular weight excluding hydrogens is 393 g/mol. The Morgan fingerprint density at radius 1 is 0.968 bits per heavy atom. The zero-order valence-electron chi connectivity index (χ0n) is 17.0. The van der Waals surface area contributed by atoms with E-state index in [1.165, 1.54) is 17.7 Å². The van der Waals surface area contributed by atoms with E-state index in [4.69, 9.17) is 5.10 Å². The summed E-state index contributed by atoms with van der Waals surface area (Å²) in [5, 5.41) is 13.3. The molecule has 0 amide bonds. The largest absolute Gasteiger partial charge is 0.313 e. The van der Waals surface area contributed by atoms with E-state index in [0.29, 0.717) is 24.1 Å². The number of hydrogen-bond acceptors (Lipinski definition) is 4. The summed E-state index contributed by atoms with van der Waals surface area (Å²) in [6, 6.07) is 18.1. The standard InChI is InChI=1S/C24H20FN5O/c1-2-19-21(17-8-10-18(25)11-9-17)23-27-26-22-20(30(23)28-19)13-15-29(24(22)31)14-12-16-6-4-3-5-7-16/h3-11,13,15H,2,12,14H2,1H3. The van der Waals surface area contributed by atoms with Crippen molar-refractivity contribution in [1.82, 2.24) is 24.4 Å². The highest BCUT2D eigenvalue weighted by Crippen LogP contribution is 2.29. The van der Waals surface area contributed by atoms with Gasteiger partial charge < -0.3 is 4.57 Å². The highest BCUT2D eigenvalue weighted by molar-refractivity contribution is 5.84. The molecular formula is C24H20FN5O. The zero-order chi connectivity index (χ0) is 21.4. The van der Waals surface area contributed by atoms with Gasteiger partial charge in [-0.15, -0.1) is 10.2 Å². The lowest BCUT2D eigenvalue weighted by Gasteiger charge is -2.07. The third kappa shape index (κ3) is 3.38. The van der Waals surface area contributed by atoms with E-state index >= 15 is 0 Å². The van der Waals surface area contributed by atoms with Crippen molar-refractivity contribution in [2.75, 3.05) is 0 Å². The van der Waals surface area contributed by atoms with Gasteiger partial charge in [0.05, 0.1) is 11.3 Å². The van der Waals surface area contributed by atoms with E-state index in [-0.39, 0.29) is 16.9 Å². The quantitative estimate of drug-likeness (QED) is 0.436. The average Bonchev–Trinajstić information content (AvgIpc) is 3.19. The number of rotatable bonds is 5. The van der Waals surface area contributed by atoms with Gasteiger partial charge in [-0.1, -0.05) is 49.4 Å². The summed E-state index contributed by atoms with van der Waals surface area (Å²) in [5.74, 6) is -0.300. The maximum absolute atomic E-state index is 13.4. The van der Waals surface area contributed by atoms with Crippen LogP contribution in [0.1, 0.15) is 18.2 Å². The van der Waals surface area contributed by atoms with Crippen LogP contribution in [0.25, 0.3) is 27.8 Å². The van der Waals surface area contributed by atoms with E-state index < -0.39 is 0 Å². The van der Waals surface area contributed by atoms with Crippen molar-refractivity contribution in [3.05, 3.63) is 94.3 Å². The zero-order valence-corrected chi connectivity index (χ0v) is 17.0. The molecule has 0 saturated carbocycles. The van der Waals surface area contributed by atoms with E-state index in [0.717, 1.165) is 23.2 Å². The summed E-state index contributed by atoms with van der Waals surface area (Å²) in [6.45, 7) is 2.56. The molecule has 5 aromatic rings. The molecule has 3 heterocycles. The van der Waals surface area contributed by atoms with Gasteiger partial charge in [0.25, 0.3) is 5.56 Å². The minimum Gasteiger partial charge on any atom is -0.313 e. The molecule has 0 aliphatic heterocycles. The van der Waals surface area contributed by atoms with Crippen molar-refractivity contribution < 1.29 is 4.39 Å². The second-order valence-corrected chi connectivity index (χ2v) is 7.40. The van der Waals surface area contributed by atoms with Crippen LogP contribution in [-0.4, -0.2) is 24.4 Å². The predicted octanol–water partition coefficient (Wildman–Crippen LogP) is 4.05. The maximum Gasteiger partial charge on any atom is 0.280 e. The maximum atomic E-state index is 13.4. The Hall–Kier alpha value is -3.87. The van der Waals surface area contributed by atoms with Gasteiger partial charge in [0.2, 0.25) is 0 Å².